The maximum Gasteiger partial charge on any atom is 0.336 e. The third-order valence-corrected chi connectivity index (χ3v) is 4.10. The molecule has 0 saturated carbocycles. The second-order valence-corrected chi connectivity index (χ2v) is 6.92. The maximum absolute atomic E-state index is 11.4. The van der Waals surface area contributed by atoms with Gasteiger partial charge in [-0.1, -0.05) is 0 Å². The zero-order valence-corrected chi connectivity index (χ0v) is 15.6. The van der Waals surface area contributed by atoms with Crippen molar-refractivity contribution in [2.24, 2.45) is 0 Å². The Kier molecular flexibility index (Phi) is 6.45. The number of hydrogen-bond donors (Lipinski definition) is 2. The quantitative estimate of drug-likeness (QED) is 0.554. The minimum atomic E-state index is -0.805. The van der Waals surface area contributed by atoms with Crippen LogP contribution < -0.4 is 15.1 Å². The number of fused-ring (bicyclic) bond motifs is 1. The van der Waals surface area contributed by atoms with Crippen LogP contribution >= 0.6 is 0 Å². The molecule has 142 valence electrons. The molecular weight excluding hydrogens is 336 g/mol. The zero-order chi connectivity index (χ0) is 19.3. The fraction of sp³-hybridized carbons (Fsp3) is 0.450. The van der Waals surface area contributed by atoms with Crippen molar-refractivity contribution in [3.05, 3.63) is 46.3 Å². The topological polar surface area (TPSA) is 89.1 Å². The Morgan fingerprint density at radius 2 is 2.04 bits per heavy atom. The van der Waals surface area contributed by atoms with E-state index in [-0.39, 0.29) is 6.61 Å². The van der Waals surface area contributed by atoms with Gasteiger partial charge < -0.3 is 24.1 Å². The van der Waals surface area contributed by atoms with Crippen LogP contribution in [0.2, 0.25) is 0 Å². The Morgan fingerprint density at radius 3 is 2.69 bits per heavy atom. The molecule has 0 spiro atoms. The van der Waals surface area contributed by atoms with Crippen LogP contribution in [0.4, 0.5) is 0 Å². The smallest absolute Gasteiger partial charge is 0.336 e. The van der Waals surface area contributed by atoms with E-state index in [9.17, 15) is 15.0 Å². The molecule has 1 aromatic heterocycles. The van der Waals surface area contributed by atoms with Crippen LogP contribution in [0.1, 0.15) is 33.6 Å². The van der Waals surface area contributed by atoms with Crippen molar-refractivity contribution in [2.75, 3.05) is 13.7 Å². The van der Waals surface area contributed by atoms with Gasteiger partial charge in [-0.25, -0.2) is 4.79 Å². The molecule has 2 N–H and O–H groups in total. The van der Waals surface area contributed by atoms with E-state index in [2.05, 4.69) is 0 Å². The van der Waals surface area contributed by atoms with E-state index in [1.54, 1.807) is 38.1 Å². The molecule has 1 unspecified atom stereocenters. The highest BCUT2D eigenvalue weighted by atomic mass is 16.5. The molecule has 2 aromatic rings. The summed E-state index contributed by atoms with van der Waals surface area (Å²) in [4.78, 5) is 11.4. The lowest BCUT2D eigenvalue weighted by Crippen LogP contribution is -2.22. The van der Waals surface area contributed by atoms with Gasteiger partial charge in [0.2, 0.25) is 0 Å². The normalized spacial score (nSPS) is 13.7. The van der Waals surface area contributed by atoms with Crippen LogP contribution in [0.3, 0.4) is 0 Å². The lowest BCUT2D eigenvalue weighted by atomic mass is 9.97. The Hall–Kier alpha value is -2.31. The maximum atomic E-state index is 11.4. The first-order valence-electron chi connectivity index (χ1n) is 8.51. The molecule has 1 atom stereocenters. The van der Waals surface area contributed by atoms with Crippen molar-refractivity contribution in [1.29, 1.82) is 0 Å². The van der Waals surface area contributed by atoms with E-state index in [1.807, 2.05) is 6.92 Å². The second-order valence-electron chi connectivity index (χ2n) is 6.92. The van der Waals surface area contributed by atoms with Crippen LogP contribution in [-0.2, 0) is 0 Å². The number of methoxy groups -OCH3 is 1. The molecule has 6 nitrogen and oxygen atoms in total. The first kappa shape index (κ1) is 20.0. The highest BCUT2D eigenvalue weighted by molar-refractivity contribution is 5.80. The summed E-state index contributed by atoms with van der Waals surface area (Å²) in [7, 11) is 1.54. The zero-order valence-electron chi connectivity index (χ0n) is 15.6. The van der Waals surface area contributed by atoms with Crippen LogP contribution in [-0.4, -0.2) is 35.6 Å². The second kappa shape index (κ2) is 8.38. The summed E-state index contributed by atoms with van der Waals surface area (Å²) in [5.74, 6) is 0.976. The molecule has 6 heteroatoms. The average molecular weight is 362 g/mol. The fourth-order valence-corrected chi connectivity index (χ4v) is 2.46. The number of benzene rings is 1. The summed E-state index contributed by atoms with van der Waals surface area (Å²) in [6, 6.07) is 6.37. The van der Waals surface area contributed by atoms with E-state index in [0.29, 0.717) is 29.9 Å². The Labute approximate surface area is 152 Å². The molecule has 0 bridgehead atoms. The predicted molar refractivity (Wildman–Crippen MR) is 99.8 cm³/mol. The molecule has 0 aliphatic carbocycles. The van der Waals surface area contributed by atoms with Gasteiger partial charge >= 0.3 is 5.63 Å². The lowest BCUT2D eigenvalue weighted by Gasteiger charge is -2.19. The lowest BCUT2D eigenvalue weighted by molar-refractivity contribution is 0.0543. The van der Waals surface area contributed by atoms with Gasteiger partial charge in [0.15, 0.2) is 11.5 Å². The minimum Gasteiger partial charge on any atom is -0.493 e. The van der Waals surface area contributed by atoms with Crippen molar-refractivity contribution in [3.63, 3.8) is 0 Å². The van der Waals surface area contributed by atoms with Crippen molar-refractivity contribution < 1.29 is 24.1 Å². The molecule has 1 heterocycles. The summed E-state index contributed by atoms with van der Waals surface area (Å²) >= 11 is 0. The highest BCUT2D eigenvalue weighted by Crippen LogP contribution is 2.32. The molecule has 1 aromatic carbocycles. The molecule has 0 aliphatic heterocycles. The molecule has 0 fully saturated rings. The van der Waals surface area contributed by atoms with Gasteiger partial charge in [0.1, 0.15) is 12.2 Å². The van der Waals surface area contributed by atoms with E-state index >= 15 is 0 Å². The van der Waals surface area contributed by atoms with Gasteiger partial charge in [-0.05, 0) is 57.4 Å². The van der Waals surface area contributed by atoms with Crippen LogP contribution in [0.15, 0.2) is 45.1 Å². The monoisotopic (exact) mass is 362 g/mol. The van der Waals surface area contributed by atoms with E-state index in [1.165, 1.54) is 13.2 Å². The van der Waals surface area contributed by atoms with Gasteiger partial charge in [0.25, 0.3) is 0 Å². The van der Waals surface area contributed by atoms with Crippen LogP contribution in [0.25, 0.3) is 11.0 Å². The summed E-state index contributed by atoms with van der Waals surface area (Å²) in [5.41, 5.74) is -0.0563. The average Bonchev–Trinajstić information content (AvgIpc) is 2.58. The molecule has 0 amide bonds. The Morgan fingerprint density at radius 1 is 1.31 bits per heavy atom. The van der Waals surface area contributed by atoms with Crippen molar-refractivity contribution in [2.45, 2.75) is 45.3 Å². The summed E-state index contributed by atoms with van der Waals surface area (Å²) < 4.78 is 16.2. The first-order chi connectivity index (χ1) is 12.2. The van der Waals surface area contributed by atoms with Gasteiger partial charge in [-0.3, -0.25) is 0 Å². The predicted octanol–water partition coefficient (Wildman–Crippen LogP) is 3.04. The van der Waals surface area contributed by atoms with E-state index in [4.69, 9.17) is 13.9 Å². The van der Waals surface area contributed by atoms with Gasteiger partial charge in [0, 0.05) is 17.5 Å². The Bertz CT molecular complexity index is 828. The number of aliphatic hydroxyl groups excluding tert-OH is 1. The first-order valence-corrected chi connectivity index (χ1v) is 8.51. The molecular formula is C20H26O6. The summed E-state index contributed by atoms with van der Waals surface area (Å²) in [6.45, 7) is 5.47. The summed E-state index contributed by atoms with van der Waals surface area (Å²) in [6.07, 6.45) is 2.11. The minimum absolute atomic E-state index is 0.227. The van der Waals surface area contributed by atoms with Crippen molar-refractivity contribution in [1.82, 2.24) is 0 Å². The molecule has 26 heavy (non-hydrogen) atoms. The molecule has 2 rings (SSSR count). The third kappa shape index (κ3) is 5.61. The molecule has 0 aliphatic rings. The number of hydrogen-bond acceptors (Lipinski definition) is 6. The Balaban J connectivity index is 2.07. The van der Waals surface area contributed by atoms with Crippen molar-refractivity contribution in [3.8, 4) is 11.5 Å². The van der Waals surface area contributed by atoms with E-state index in [0.717, 1.165) is 11.0 Å². The number of rotatable bonds is 8. The van der Waals surface area contributed by atoms with Gasteiger partial charge in [0.05, 0.1) is 18.8 Å². The van der Waals surface area contributed by atoms with Gasteiger partial charge in [-0.2, -0.15) is 0 Å². The summed E-state index contributed by atoms with van der Waals surface area (Å²) in [5, 5.41) is 20.6. The fourth-order valence-electron chi connectivity index (χ4n) is 2.46. The molecule has 0 radical (unpaired) electrons. The number of ether oxygens (including phenoxy) is 2. The van der Waals surface area contributed by atoms with E-state index < -0.39 is 17.3 Å². The largest absolute Gasteiger partial charge is 0.493 e. The molecule has 0 saturated heterocycles. The SMILES string of the molecule is COc1cc2ccc(=O)oc2cc1OCC=C(C)C(O)CCC(C)(C)O. The van der Waals surface area contributed by atoms with Gasteiger partial charge in [-0.15, -0.1) is 0 Å². The van der Waals surface area contributed by atoms with Crippen LogP contribution in [0, 0.1) is 0 Å². The third-order valence-electron chi connectivity index (χ3n) is 4.10. The van der Waals surface area contributed by atoms with Crippen molar-refractivity contribution >= 4 is 11.0 Å². The highest BCUT2D eigenvalue weighted by Gasteiger charge is 2.16. The standard InChI is InChI=1S/C20H26O6/c1-13(15(21)7-9-20(2,3)23)8-10-25-18-12-16-14(11-17(18)24-4)5-6-19(22)26-16/h5-6,8,11-12,15,21,23H,7,9-10H2,1-4H3. The number of aliphatic hydroxyl groups is 2. The van der Waals surface area contributed by atoms with Crippen LogP contribution in [0.5, 0.6) is 11.5 Å².